The lowest BCUT2D eigenvalue weighted by Gasteiger charge is -2.06. The summed E-state index contributed by atoms with van der Waals surface area (Å²) in [6.07, 6.45) is 0.515. The zero-order valence-electron chi connectivity index (χ0n) is 7.72. The van der Waals surface area contributed by atoms with Crippen LogP contribution in [-0.2, 0) is 4.74 Å². The zero-order chi connectivity index (χ0) is 10.4. The summed E-state index contributed by atoms with van der Waals surface area (Å²) in [5, 5.41) is 9.06. The second kappa shape index (κ2) is 5.19. The fourth-order valence-electron chi connectivity index (χ4n) is 0.887. The summed E-state index contributed by atoms with van der Waals surface area (Å²) in [6.45, 7) is 3.31. The van der Waals surface area contributed by atoms with E-state index < -0.39 is 12.1 Å². The van der Waals surface area contributed by atoms with Crippen LogP contribution in [0.2, 0.25) is 0 Å². The van der Waals surface area contributed by atoms with E-state index in [1.165, 1.54) is 6.08 Å². The van der Waals surface area contributed by atoms with Gasteiger partial charge in [0.1, 0.15) is 12.7 Å². The first-order valence-electron chi connectivity index (χ1n) is 4.27. The third kappa shape index (κ3) is 3.03. The Hall–Kier alpha value is -1.61. The molecule has 0 fully saturated rings. The van der Waals surface area contributed by atoms with Crippen molar-refractivity contribution >= 4 is 5.97 Å². The summed E-state index contributed by atoms with van der Waals surface area (Å²) in [6, 6.07) is 8.63. The fourth-order valence-corrected chi connectivity index (χ4v) is 0.887. The van der Waals surface area contributed by atoms with Crippen LogP contribution in [0.25, 0.3) is 0 Å². The average molecular weight is 192 g/mol. The van der Waals surface area contributed by atoms with Crippen molar-refractivity contribution in [3.63, 3.8) is 0 Å². The third-order valence-electron chi connectivity index (χ3n) is 1.67. The van der Waals surface area contributed by atoms with Gasteiger partial charge < -0.3 is 9.84 Å². The fraction of sp³-hybridized carbons (Fsp3) is 0.182. The van der Waals surface area contributed by atoms with E-state index in [9.17, 15) is 4.79 Å². The second-order valence-electron chi connectivity index (χ2n) is 2.77. The Morgan fingerprint density at radius 1 is 1.50 bits per heavy atom. The Morgan fingerprint density at radius 3 is 2.71 bits per heavy atom. The molecular weight excluding hydrogens is 180 g/mol. The van der Waals surface area contributed by atoms with Crippen LogP contribution < -0.4 is 0 Å². The molecule has 3 nitrogen and oxygen atoms in total. The minimum Gasteiger partial charge on any atom is -0.459 e. The van der Waals surface area contributed by atoms with Crippen LogP contribution >= 0.6 is 0 Å². The van der Waals surface area contributed by atoms with Gasteiger partial charge in [-0.05, 0) is 12.1 Å². The number of aliphatic hydroxyl groups excluding tert-OH is 1. The Bertz CT molecular complexity index is 306. The molecule has 0 bridgehead atoms. The Morgan fingerprint density at radius 2 is 2.14 bits per heavy atom. The molecule has 0 saturated carbocycles. The molecule has 14 heavy (non-hydrogen) atoms. The molecule has 0 aliphatic heterocycles. The lowest BCUT2D eigenvalue weighted by molar-refractivity contribution is 0.0345. The highest BCUT2D eigenvalue weighted by Gasteiger charge is 2.07. The van der Waals surface area contributed by atoms with Crippen LogP contribution in [-0.4, -0.2) is 23.8 Å². The quantitative estimate of drug-likeness (QED) is 0.579. The monoisotopic (exact) mass is 192 g/mol. The molecule has 0 aromatic heterocycles. The van der Waals surface area contributed by atoms with Gasteiger partial charge in [0.2, 0.25) is 0 Å². The summed E-state index contributed by atoms with van der Waals surface area (Å²) < 4.78 is 4.82. The van der Waals surface area contributed by atoms with E-state index in [1.54, 1.807) is 24.3 Å². The Labute approximate surface area is 82.6 Å². The molecule has 0 radical (unpaired) electrons. The number of esters is 1. The molecule has 3 heteroatoms. The molecule has 0 amide bonds. The van der Waals surface area contributed by atoms with Gasteiger partial charge in [-0.3, -0.25) is 0 Å². The number of ether oxygens (including phenoxy) is 1. The molecule has 0 saturated heterocycles. The molecule has 0 spiro atoms. The predicted molar refractivity (Wildman–Crippen MR) is 52.9 cm³/mol. The average Bonchev–Trinajstić information content (AvgIpc) is 2.26. The van der Waals surface area contributed by atoms with Crippen molar-refractivity contribution in [1.29, 1.82) is 0 Å². The van der Waals surface area contributed by atoms with Gasteiger partial charge in [0.05, 0.1) is 5.56 Å². The maximum Gasteiger partial charge on any atom is 0.338 e. The Balaban J connectivity index is 2.47. The number of carbonyl (C=O) groups is 1. The number of aliphatic hydroxyl groups is 1. The lowest BCUT2D eigenvalue weighted by atomic mass is 10.2. The highest BCUT2D eigenvalue weighted by molar-refractivity contribution is 5.89. The smallest absolute Gasteiger partial charge is 0.338 e. The molecule has 0 aliphatic carbocycles. The summed E-state index contributed by atoms with van der Waals surface area (Å²) >= 11 is 0. The standard InChI is InChI=1S/C11H12O3/c1-2-10(12)8-14-11(13)9-6-4-3-5-7-9/h2-7,10,12H,1,8H2/t10-/m0/s1. The van der Waals surface area contributed by atoms with Gasteiger partial charge in [-0.25, -0.2) is 4.79 Å². The van der Waals surface area contributed by atoms with Crippen molar-refractivity contribution in [3.05, 3.63) is 48.6 Å². The topological polar surface area (TPSA) is 46.5 Å². The molecule has 1 rings (SSSR count). The first-order chi connectivity index (χ1) is 6.74. The number of rotatable bonds is 4. The van der Waals surface area contributed by atoms with E-state index >= 15 is 0 Å². The molecule has 1 atom stereocenters. The van der Waals surface area contributed by atoms with Crippen LogP contribution in [0.4, 0.5) is 0 Å². The van der Waals surface area contributed by atoms with Gasteiger partial charge in [-0.2, -0.15) is 0 Å². The molecule has 0 heterocycles. The van der Waals surface area contributed by atoms with Crippen LogP contribution in [0, 0.1) is 0 Å². The van der Waals surface area contributed by atoms with E-state index in [0.29, 0.717) is 5.56 Å². The van der Waals surface area contributed by atoms with Gasteiger partial charge in [0.15, 0.2) is 0 Å². The number of hydrogen-bond acceptors (Lipinski definition) is 3. The van der Waals surface area contributed by atoms with Crippen LogP contribution in [0.15, 0.2) is 43.0 Å². The largest absolute Gasteiger partial charge is 0.459 e. The van der Waals surface area contributed by atoms with E-state index in [-0.39, 0.29) is 6.61 Å². The van der Waals surface area contributed by atoms with Crippen molar-refractivity contribution < 1.29 is 14.6 Å². The van der Waals surface area contributed by atoms with Gasteiger partial charge in [-0.15, -0.1) is 6.58 Å². The van der Waals surface area contributed by atoms with Gasteiger partial charge >= 0.3 is 5.97 Å². The first kappa shape index (κ1) is 10.5. The minimum atomic E-state index is -0.803. The number of benzene rings is 1. The molecule has 1 aromatic carbocycles. The molecule has 74 valence electrons. The maximum absolute atomic E-state index is 11.3. The third-order valence-corrected chi connectivity index (χ3v) is 1.67. The van der Waals surface area contributed by atoms with Crippen molar-refractivity contribution in [2.45, 2.75) is 6.10 Å². The molecule has 0 unspecified atom stereocenters. The van der Waals surface area contributed by atoms with E-state index in [1.807, 2.05) is 6.07 Å². The zero-order valence-corrected chi connectivity index (χ0v) is 7.72. The summed E-state index contributed by atoms with van der Waals surface area (Å²) in [7, 11) is 0. The minimum absolute atomic E-state index is 0.0583. The highest BCUT2D eigenvalue weighted by atomic mass is 16.5. The predicted octanol–water partition coefficient (Wildman–Crippen LogP) is 1.39. The van der Waals surface area contributed by atoms with Crippen molar-refractivity contribution in [2.75, 3.05) is 6.61 Å². The van der Waals surface area contributed by atoms with Gasteiger partial charge in [-0.1, -0.05) is 24.3 Å². The van der Waals surface area contributed by atoms with Crippen LogP contribution in [0.5, 0.6) is 0 Å². The first-order valence-corrected chi connectivity index (χ1v) is 4.27. The van der Waals surface area contributed by atoms with Gasteiger partial charge in [0.25, 0.3) is 0 Å². The van der Waals surface area contributed by atoms with Crippen LogP contribution in [0.1, 0.15) is 10.4 Å². The van der Waals surface area contributed by atoms with E-state index in [4.69, 9.17) is 9.84 Å². The molecule has 0 aliphatic rings. The summed E-state index contributed by atoms with van der Waals surface area (Å²) in [5.74, 6) is -0.438. The van der Waals surface area contributed by atoms with E-state index in [0.717, 1.165) is 0 Å². The normalized spacial score (nSPS) is 11.8. The number of hydrogen-bond donors (Lipinski definition) is 1. The molecule has 1 aromatic rings. The maximum atomic E-state index is 11.3. The van der Waals surface area contributed by atoms with Crippen molar-refractivity contribution in [3.8, 4) is 0 Å². The summed E-state index contributed by atoms with van der Waals surface area (Å²) in [5.41, 5.74) is 0.476. The van der Waals surface area contributed by atoms with Gasteiger partial charge in [0, 0.05) is 0 Å². The van der Waals surface area contributed by atoms with Crippen LogP contribution in [0.3, 0.4) is 0 Å². The Kier molecular flexibility index (Phi) is 3.88. The van der Waals surface area contributed by atoms with Crippen molar-refractivity contribution in [1.82, 2.24) is 0 Å². The lowest BCUT2D eigenvalue weighted by Crippen LogP contribution is -2.16. The molecule has 1 N–H and O–H groups in total. The molecular formula is C11H12O3. The number of carbonyl (C=O) groups excluding carboxylic acids is 1. The highest BCUT2D eigenvalue weighted by Crippen LogP contribution is 2.01. The second-order valence-corrected chi connectivity index (χ2v) is 2.77. The summed E-state index contributed by atoms with van der Waals surface area (Å²) in [4.78, 5) is 11.3. The SMILES string of the molecule is C=C[C@H](O)COC(=O)c1ccccc1. The van der Waals surface area contributed by atoms with Crippen molar-refractivity contribution in [2.24, 2.45) is 0 Å². The van der Waals surface area contributed by atoms with E-state index in [2.05, 4.69) is 6.58 Å².